The van der Waals surface area contributed by atoms with Crippen molar-refractivity contribution in [1.29, 1.82) is 0 Å². The highest BCUT2D eigenvalue weighted by Crippen LogP contribution is 2.16. The Morgan fingerprint density at radius 3 is 2.67 bits per heavy atom. The molecule has 0 aliphatic heterocycles. The lowest BCUT2D eigenvalue weighted by Gasteiger charge is -2.21. The molecule has 0 aliphatic rings. The summed E-state index contributed by atoms with van der Waals surface area (Å²) >= 11 is 11.5. The molecular formula is C11H15Cl2N3O2. The maximum atomic E-state index is 12.0. The molecule has 0 radical (unpaired) electrons. The number of rotatable bonds is 5. The van der Waals surface area contributed by atoms with Crippen LogP contribution < -0.4 is 5.32 Å². The molecule has 0 bridgehead atoms. The van der Waals surface area contributed by atoms with Gasteiger partial charge in [-0.15, -0.1) is 10.2 Å². The standard InChI is InChI=1S/C11H15Cl2N3O2/c1-6(2)8(5-18-3)14-11(17)7-4-9(12)15-16-10(7)13/h4,6,8H,5H2,1-3H3,(H,14,17). The maximum absolute atomic E-state index is 12.0. The molecule has 1 atom stereocenters. The Hall–Kier alpha value is -0.910. The van der Waals surface area contributed by atoms with E-state index in [1.807, 2.05) is 13.8 Å². The first kappa shape index (κ1) is 15.1. The first-order valence-electron chi connectivity index (χ1n) is 5.44. The number of ether oxygens (including phenoxy) is 1. The average molecular weight is 292 g/mol. The average Bonchev–Trinajstić information content (AvgIpc) is 2.31. The van der Waals surface area contributed by atoms with Gasteiger partial charge < -0.3 is 10.1 Å². The van der Waals surface area contributed by atoms with E-state index in [0.29, 0.717) is 6.61 Å². The summed E-state index contributed by atoms with van der Waals surface area (Å²) in [6.45, 7) is 4.40. The van der Waals surface area contributed by atoms with Crippen LogP contribution in [0.15, 0.2) is 6.07 Å². The minimum Gasteiger partial charge on any atom is -0.383 e. The van der Waals surface area contributed by atoms with Crippen molar-refractivity contribution in [2.75, 3.05) is 13.7 Å². The van der Waals surface area contributed by atoms with Crippen LogP contribution in [-0.4, -0.2) is 35.9 Å². The van der Waals surface area contributed by atoms with Gasteiger partial charge >= 0.3 is 0 Å². The molecule has 5 nitrogen and oxygen atoms in total. The molecule has 0 saturated heterocycles. The second kappa shape index (κ2) is 6.87. The zero-order valence-corrected chi connectivity index (χ0v) is 11.9. The highest BCUT2D eigenvalue weighted by molar-refractivity contribution is 6.34. The summed E-state index contributed by atoms with van der Waals surface area (Å²) < 4.78 is 5.05. The van der Waals surface area contributed by atoms with Crippen molar-refractivity contribution in [2.24, 2.45) is 5.92 Å². The van der Waals surface area contributed by atoms with Gasteiger partial charge in [-0.2, -0.15) is 0 Å². The normalized spacial score (nSPS) is 12.6. The molecule has 0 spiro atoms. The van der Waals surface area contributed by atoms with E-state index in [1.54, 1.807) is 7.11 Å². The van der Waals surface area contributed by atoms with Gasteiger partial charge in [0, 0.05) is 7.11 Å². The Morgan fingerprint density at radius 2 is 2.11 bits per heavy atom. The molecular weight excluding hydrogens is 277 g/mol. The summed E-state index contributed by atoms with van der Waals surface area (Å²) in [5, 5.41) is 10.1. The monoisotopic (exact) mass is 291 g/mol. The zero-order chi connectivity index (χ0) is 13.7. The van der Waals surface area contributed by atoms with E-state index < -0.39 is 0 Å². The number of hydrogen-bond donors (Lipinski definition) is 1. The number of halogens is 2. The van der Waals surface area contributed by atoms with Crippen molar-refractivity contribution in [3.05, 3.63) is 21.9 Å². The Kier molecular flexibility index (Phi) is 5.78. The van der Waals surface area contributed by atoms with E-state index in [9.17, 15) is 4.79 Å². The Morgan fingerprint density at radius 1 is 1.44 bits per heavy atom. The van der Waals surface area contributed by atoms with Gasteiger partial charge in [-0.1, -0.05) is 37.0 Å². The number of methoxy groups -OCH3 is 1. The highest BCUT2D eigenvalue weighted by Gasteiger charge is 2.19. The number of nitrogens with one attached hydrogen (secondary N) is 1. The maximum Gasteiger partial charge on any atom is 0.254 e. The minimum absolute atomic E-state index is 0.0248. The smallest absolute Gasteiger partial charge is 0.254 e. The molecule has 0 aliphatic carbocycles. The lowest BCUT2D eigenvalue weighted by molar-refractivity contribution is 0.0866. The topological polar surface area (TPSA) is 64.1 Å². The fourth-order valence-electron chi connectivity index (χ4n) is 1.34. The number of nitrogens with zero attached hydrogens (tertiary/aromatic N) is 2. The number of carbonyl (C=O) groups is 1. The van der Waals surface area contributed by atoms with E-state index in [1.165, 1.54) is 6.07 Å². The summed E-state index contributed by atoms with van der Waals surface area (Å²) in [6.07, 6.45) is 0. The van der Waals surface area contributed by atoms with Gasteiger partial charge in [-0.05, 0) is 12.0 Å². The molecule has 1 aromatic rings. The predicted molar refractivity (Wildman–Crippen MR) is 70.0 cm³/mol. The Balaban J connectivity index is 2.83. The molecule has 1 unspecified atom stereocenters. The van der Waals surface area contributed by atoms with Crippen LogP contribution in [0.1, 0.15) is 24.2 Å². The van der Waals surface area contributed by atoms with Crippen LogP contribution in [-0.2, 0) is 4.74 Å². The summed E-state index contributed by atoms with van der Waals surface area (Å²) in [4.78, 5) is 12.0. The van der Waals surface area contributed by atoms with Crippen molar-refractivity contribution < 1.29 is 9.53 Å². The number of hydrogen-bond acceptors (Lipinski definition) is 4. The van der Waals surface area contributed by atoms with Crippen molar-refractivity contribution in [3.8, 4) is 0 Å². The zero-order valence-electron chi connectivity index (χ0n) is 10.4. The van der Waals surface area contributed by atoms with Gasteiger partial charge in [0.1, 0.15) is 0 Å². The van der Waals surface area contributed by atoms with Gasteiger partial charge in [0.25, 0.3) is 5.91 Å². The molecule has 0 saturated carbocycles. The summed E-state index contributed by atoms with van der Waals surface area (Å²) in [6, 6.07) is 1.28. The van der Waals surface area contributed by atoms with Crippen LogP contribution in [0.4, 0.5) is 0 Å². The van der Waals surface area contributed by atoms with Crippen molar-refractivity contribution in [1.82, 2.24) is 15.5 Å². The predicted octanol–water partition coefficient (Wildman–Crippen LogP) is 2.18. The molecule has 100 valence electrons. The first-order chi connectivity index (χ1) is 8.45. The number of carbonyl (C=O) groups excluding carboxylic acids is 1. The molecule has 1 N–H and O–H groups in total. The molecule has 1 heterocycles. The Bertz CT molecular complexity index is 427. The van der Waals surface area contributed by atoms with Gasteiger partial charge in [-0.25, -0.2) is 0 Å². The van der Waals surface area contributed by atoms with Crippen molar-refractivity contribution in [2.45, 2.75) is 19.9 Å². The second-order valence-electron chi connectivity index (χ2n) is 4.15. The summed E-state index contributed by atoms with van der Waals surface area (Å²) in [5.74, 6) is -0.106. The van der Waals surface area contributed by atoms with E-state index in [4.69, 9.17) is 27.9 Å². The summed E-state index contributed by atoms with van der Waals surface area (Å²) in [7, 11) is 1.58. The summed E-state index contributed by atoms with van der Waals surface area (Å²) in [5.41, 5.74) is 0.207. The fourth-order valence-corrected chi connectivity index (χ4v) is 1.66. The van der Waals surface area contributed by atoms with E-state index in [2.05, 4.69) is 15.5 Å². The second-order valence-corrected chi connectivity index (χ2v) is 4.90. The number of aromatic nitrogens is 2. The lowest BCUT2D eigenvalue weighted by atomic mass is 10.1. The van der Waals surface area contributed by atoms with Gasteiger partial charge in [0.05, 0.1) is 18.2 Å². The van der Waals surface area contributed by atoms with Crippen LogP contribution in [0.2, 0.25) is 10.3 Å². The van der Waals surface area contributed by atoms with Crippen LogP contribution >= 0.6 is 23.2 Å². The van der Waals surface area contributed by atoms with Crippen LogP contribution in [0, 0.1) is 5.92 Å². The molecule has 1 aromatic heterocycles. The molecule has 0 fully saturated rings. The van der Waals surface area contributed by atoms with Crippen LogP contribution in [0.5, 0.6) is 0 Å². The third-order valence-corrected chi connectivity index (χ3v) is 2.89. The largest absolute Gasteiger partial charge is 0.383 e. The molecule has 0 aromatic carbocycles. The van der Waals surface area contributed by atoms with Crippen molar-refractivity contribution >= 4 is 29.1 Å². The van der Waals surface area contributed by atoms with Gasteiger partial charge in [-0.3, -0.25) is 4.79 Å². The SMILES string of the molecule is COCC(NC(=O)c1cc(Cl)nnc1Cl)C(C)C. The minimum atomic E-state index is -0.340. The molecule has 18 heavy (non-hydrogen) atoms. The Labute approximate surface area is 116 Å². The van der Waals surface area contributed by atoms with Gasteiger partial charge in [0.15, 0.2) is 10.3 Å². The quantitative estimate of drug-likeness (QED) is 0.903. The fraction of sp³-hybridized carbons (Fsp3) is 0.545. The number of amides is 1. The van der Waals surface area contributed by atoms with Crippen LogP contribution in [0.3, 0.4) is 0 Å². The lowest BCUT2D eigenvalue weighted by Crippen LogP contribution is -2.41. The third kappa shape index (κ3) is 4.08. The first-order valence-corrected chi connectivity index (χ1v) is 6.19. The van der Waals surface area contributed by atoms with Crippen molar-refractivity contribution in [3.63, 3.8) is 0 Å². The molecule has 7 heteroatoms. The van der Waals surface area contributed by atoms with E-state index in [0.717, 1.165) is 0 Å². The third-order valence-electron chi connectivity index (χ3n) is 2.43. The molecule has 1 rings (SSSR count). The van der Waals surface area contributed by atoms with E-state index in [-0.39, 0.29) is 33.7 Å². The molecule has 1 amide bonds. The van der Waals surface area contributed by atoms with Gasteiger partial charge in [0.2, 0.25) is 0 Å². The van der Waals surface area contributed by atoms with Crippen LogP contribution in [0.25, 0.3) is 0 Å². The highest BCUT2D eigenvalue weighted by atomic mass is 35.5. The van der Waals surface area contributed by atoms with E-state index >= 15 is 0 Å².